The maximum absolute atomic E-state index is 13.4. The number of rotatable bonds is 2. The van der Waals surface area contributed by atoms with E-state index in [2.05, 4.69) is 5.10 Å². The smallest absolute Gasteiger partial charge is 0.261 e. The fraction of sp³-hybridized carbons (Fsp3) is 0.0909. The van der Waals surface area contributed by atoms with Crippen LogP contribution in [-0.2, 0) is 7.05 Å². The van der Waals surface area contributed by atoms with Gasteiger partial charge in [-0.1, -0.05) is 0 Å². The summed E-state index contributed by atoms with van der Waals surface area (Å²) < 4.78 is 40.5. The molecule has 100 valence electrons. The van der Waals surface area contributed by atoms with Crippen LogP contribution in [0.25, 0.3) is 0 Å². The van der Waals surface area contributed by atoms with Crippen LogP contribution in [0.15, 0.2) is 18.3 Å². The summed E-state index contributed by atoms with van der Waals surface area (Å²) in [6.45, 7) is 0. The molecule has 0 spiro atoms. The largest absolute Gasteiger partial charge is 0.383 e. The van der Waals surface area contributed by atoms with Crippen molar-refractivity contribution in [2.75, 3.05) is 11.1 Å². The highest BCUT2D eigenvalue weighted by Crippen LogP contribution is 2.20. The van der Waals surface area contributed by atoms with Crippen LogP contribution in [0.5, 0.6) is 0 Å². The van der Waals surface area contributed by atoms with Gasteiger partial charge in [0.15, 0.2) is 11.6 Å². The molecule has 0 aliphatic rings. The zero-order valence-electron chi connectivity index (χ0n) is 9.75. The lowest BCUT2D eigenvalue weighted by Gasteiger charge is -2.06. The van der Waals surface area contributed by atoms with Gasteiger partial charge in [0, 0.05) is 19.2 Å². The van der Waals surface area contributed by atoms with Gasteiger partial charge in [0.25, 0.3) is 5.91 Å². The molecule has 0 atom stereocenters. The summed E-state index contributed by atoms with van der Waals surface area (Å²) in [6, 6.07) is 1.05. The maximum Gasteiger partial charge on any atom is 0.261 e. The van der Waals surface area contributed by atoms with Crippen LogP contribution in [0, 0.1) is 17.5 Å². The first-order valence-electron chi connectivity index (χ1n) is 5.13. The van der Waals surface area contributed by atoms with Crippen LogP contribution in [0.3, 0.4) is 0 Å². The van der Waals surface area contributed by atoms with E-state index in [0.29, 0.717) is 12.1 Å². The van der Waals surface area contributed by atoms with E-state index in [0.717, 1.165) is 6.20 Å². The lowest BCUT2D eigenvalue weighted by Crippen LogP contribution is -2.15. The van der Waals surface area contributed by atoms with Gasteiger partial charge in [-0.15, -0.1) is 0 Å². The van der Waals surface area contributed by atoms with Crippen molar-refractivity contribution < 1.29 is 18.0 Å². The third-order valence-electron chi connectivity index (χ3n) is 2.47. The lowest BCUT2D eigenvalue weighted by molar-refractivity contribution is 0.102. The van der Waals surface area contributed by atoms with Crippen molar-refractivity contribution in [2.24, 2.45) is 7.05 Å². The third kappa shape index (κ3) is 2.37. The molecule has 0 aliphatic carbocycles. The maximum atomic E-state index is 13.4. The van der Waals surface area contributed by atoms with Gasteiger partial charge in [-0.2, -0.15) is 5.10 Å². The molecule has 8 heteroatoms. The van der Waals surface area contributed by atoms with Gasteiger partial charge in [-0.3, -0.25) is 9.48 Å². The van der Waals surface area contributed by atoms with Crippen molar-refractivity contribution in [1.29, 1.82) is 0 Å². The van der Waals surface area contributed by atoms with Crippen LogP contribution >= 0.6 is 0 Å². The number of nitrogens with two attached hydrogens (primary N) is 1. The number of hydrogen-bond acceptors (Lipinski definition) is 3. The van der Waals surface area contributed by atoms with Gasteiger partial charge < -0.3 is 11.1 Å². The molecule has 1 aromatic carbocycles. The number of carbonyl (C=O) groups is 1. The van der Waals surface area contributed by atoms with Crippen LogP contribution in [-0.4, -0.2) is 15.7 Å². The number of amides is 1. The predicted octanol–water partition coefficient (Wildman–Crippen LogP) is 1.67. The highest BCUT2D eigenvalue weighted by Gasteiger charge is 2.18. The summed E-state index contributed by atoms with van der Waals surface area (Å²) in [7, 11) is 1.51. The molecule has 0 fully saturated rings. The van der Waals surface area contributed by atoms with Crippen molar-refractivity contribution in [3.05, 3.63) is 41.3 Å². The summed E-state index contributed by atoms with van der Waals surface area (Å²) in [5.74, 6) is -4.51. The van der Waals surface area contributed by atoms with Gasteiger partial charge in [-0.05, 0) is 0 Å². The molecule has 1 amide bonds. The van der Waals surface area contributed by atoms with E-state index >= 15 is 0 Å². The summed E-state index contributed by atoms with van der Waals surface area (Å²) in [4.78, 5) is 11.8. The van der Waals surface area contributed by atoms with E-state index in [-0.39, 0.29) is 11.4 Å². The van der Waals surface area contributed by atoms with Crippen molar-refractivity contribution in [3.63, 3.8) is 0 Å². The summed E-state index contributed by atoms with van der Waals surface area (Å²) in [5, 5.41) is 5.76. The highest BCUT2D eigenvalue weighted by molar-refractivity contribution is 6.07. The number of nitrogens with zero attached hydrogens (tertiary/aromatic N) is 2. The van der Waals surface area contributed by atoms with Gasteiger partial charge in [-0.25, -0.2) is 13.2 Å². The standard InChI is InChI=1S/C11H9F3N4O/c1-18-10(15)6(4-16-18)11(19)17-8-3-5(12)2-7(13)9(8)14/h2-4H,15H2,1H3,(H,17,19). The molecule has 0 saturated carbocycles. The number of nitrogens with one attached hydrogen (secondary N) is 1. The minimum absolute atomic E-state index is 0.0217. The number of halogens is 3. The third-order valence-corrected chi connectivity index (χ3v) is 2.47. The Labute approximate surface area is 105 Å². The topological polar surface area (TPSA) is 72.9 Å². The van der Waals surface area contributed by atoms with Gasteiger partial charge in [0.1, 0.15) is 17.2 Å². The normalized spacial score (nSPS) is 10.5. The first-order chi connectivity index (χ1) is 8.90. The van der Waals surface area contributed by atoms with Crippen molar-refractivity contribution in [1.82, 2.24) is 9.78 Å². The SMILES string of the molecule is Cn1ncc(C(=O)Nc2cc(F)cc(F)c2F)c1N. The molecule has 0 bridgehead atoms. The molecule has 1 heterocycles. The molecule has 0 saturated heterocycles. The number of aryl methyl sites for hydroxylation is 1. The van der Waals surface area contributed by atoms with Crippen molar-refractivity contribution in [3.8, 4) is 0 Å². The second-order valence-electron chi connectivity index (χ2n) is 3.77. The fourth-order valence-electron chi connectivity index (χ4n) is 1.46. The van der Waals surface area contributed by atoms with Crippen LogP contribution in [0.1, 0.15) is 10.4 Å². The Kier molecular flexibility index (Phi) is 3.16. The van der Waals surface area contributed by atoms with E-state index < -0.39 is 29.0 Å². The van der Waals surface area contributed by atoms with Crippen molar-refractivity contribution in [2.45, 2.75) is 0 Å². The van der Waals surface area contributed by atoms with Gasteiger partial charge >= 0.3 is 0 Å². The van der Waals surface area contributed by atoms with Crippen LogP contribution in [0.4, 0.5) is 24.7 Å². The van der Waals surface area contributed by atoms with Crippen LogP contribution < -0.4 is 11.1 Å². The Hall–Kier alpha value is -2.51. The summed E-state index contributed by atoms with van der Waals surface area (Å²) >= 11 is 0. The summed E-state index contributed by atoms with van der Waals surface area (Å²) in [6.07, 6.45) is 1.16. The quantitative estimate of drug-likeness (QED) is 0.815. The predicted molar refractivity (Wildman–Crippen MR) is 61.9 cm³/mol. The number of hydrogen-bond donors (Lipinski definition) is 2. The first kappa shape index (κ1) is 12.9. The molecule has 3 N–H and O–H groups in total. The number of benzene rings is 1. The second kappa shape index (κ2) is 4.63. The molecule has 1 aromatic heterocycles. The second-order valence-corrected chi connectivity index (χ2v) is 3.77. The van der Waals surface area contributed by atoms with E-state index in [1.807, 2.05) is 5.32 Å². The zero-order chi connectivity index (χ0) is 14.2. The zero-order valence-corrected chi connectivity index (χ0v) is 9.75. The number of carbonyl (C=O) groups excluding carboxylic acids is 1. The molecular formula is C11H9F3N4O. The molecule has 2 aromatic rings. The first-order valence-corrected chi connectivity index (χ1v) is 5.13. The Morgan fingerprint density at radius 3 is 2.63 bits per heavy atom. The van der Waals surface area contributed by atoms with Gasteiger partial charge in [0.2, 0.25) is 0 Å². The molecule has 0 unspecified atom stereocenters. The Morgan fingerprint density at radius 1 is 1.37 bits per heavy atom. The summed E-state index contributed by atoms with van der Waals surface area (Å²) in [5.41, 5.74) is 4.93. The van der Waals surface area contributed by atoms with Crippen LogP contribution in [0.2, 0.25) is 0 Å². The molecule has 2 rings (SSSR count). The van der Waals surface area contributed by atoms with E-state index in [1.165, 1.54) is 11.7 Å². The fourth-order valence-corrected chi connectivity index (χ4v) is 1.46. The monoisotopic (exact) mass is 270 g/mol. The van der Waals surface area contributed by atoms with E-state index in [4.69, 9.17) is 5.73 Å². The molecule has 0 radical (unpaired) electrons. The van der Waals surface area contributed by atoms with Gasteiger partial charge in [0.05, 0.1) is 11.9 Å². The average Bonchev–Trinajstić information content (AvgIpc) is 2.66. The number of aromatic nitrogens is 2. The van der Waals surface area contributed by atoms with E-state index in [1.54, 1.807) is 0 Å². The molecular weight excluding hydrogens is 261 g/mol. The number of anilines is 2. The molecule has 0 aliphatic heterocycles. The minimum Gasteiger partial charge on any atom is -0.383 e. The average molecular weight is 270 g/mol. The molecule has 19 heavy (non-hydrogen) atoms. The van der Waals surface area contributed by atoms with E-state index in [9.17, 15) is 18.0 Å². The highest BCUT2D eigenvalue weighted by atomic mass is 19.2. The molecule has 5 nitrogen and oxygen atoms in total. The Bertz CT molecular complexity index is 654. The number of nitrogen functional groups attached to an aromatic ring is 1. The Balaban J connectivity index is 2.32. The lowest BCUT2D eigenvalue weighted by atomic mass is 10.2. The Morgan fingerprint density at radius 2 is 2.05 bits per heavy atom. The minimum atomic E-state index is -1.39. The van der Waals surface area contributed by atoms with Crippen molar-refractivity contribution >= 4 is 17.4 Å².